The van der Waals surface area contributed by atoms with Gasteiger partial charge in [-0.3, -0.25) is 4.79 Å². The van der Waals surface area contributed by atoms with Crippen molar-refractivity contribution in [2.75, 3.05) is 5.32 Å². The lowest BCUT2D eigenvalue weighted by Crippen LogP contribution is -2.43. The lowest BCUT2D eigenvalue weighted by Gasteiger charge is -2.39. The molecule has 4 rings (SSSR count). The third-order valence-electron chi connectivity index (χ3n) is 7.85. The van der Waals surface area contributed by atoms with Gasteiger partial charge in [-0.15, -0.1) is 0 Å². The lowest BCUT2D eigenvalue weighted by molar-refractivity contribution is -0.130. The number of nitrogens with zero attached hydrogens (tertiary/aromatic N) is 1. The highest BCUT2D eigenvalue weighted by Gasteiger charge is 2.71. The summed E-state index contributed by atoms with van der Waals surface area (Å²) in [7, 11) is 0. The van der Waals surface area contributed by atoms with Crippen LogP contribution in [0.2, 0.25) is 5.02 Å². The maximum absolute atomic E-state index is 13.5. The van der Waals surface area contributed by atoms with E-state index in [4.69, 9.17) is 16.4 Å². The predicted octanol–water partition coefficient (Wildman–Crippen LogP) is 6.02. The average molecular weight is 439 g/mol. The van der Waals surface area contributed by atoms with E-state index in [1.54, 1.807) is 30.3 Å². The summed E-state index contributed by atoms with van der Waals surface area (Å²) < 4.78 is 0. The first-order valence-corrected chi connectivity index (χ1v) is 10.9. The van der Waals surface area contributed by atoms with Crippen molar-refractivity contribution in [1.82, 2.24) is 0 Å². The molecule has 0 aromatic heterocycles. The van der Waals surface area contributed by atoms with Gasteiger partial charge in [0.1, 0.15) is 0 Å². The second-order valence-electron chi connectivity index (χ2n) is 9.42. The molecule has 6 heteroatoms. The first kappa shape index (κ1) is 21.6. The Kier molecular flexibility index (Phi) is 5.21. The van der Waals surface area contributed by atoms with Crippen LogP contribution in [-0.4, -0.2) is 17.6 Å². The van der Waals surface area contributed by atoms with Crippen LogP contribution in [0.1, 0.15) is 56.0 Å². The van der Waals surface area contributed by atoms with Gasteiger partial charge in [0.25, 0.3) is 0 Å². The molecule has 2 aromatic rings. The summed E-state index contributed by atoms with van der Waals surface area (Å²) in [6, 6.07) is 14.3. The summed E-state index contributed by atoms with van der Waals surface area (Å²) in [6.45, 7) is 8.27. The van der Waals surface area contributed by atoms with Crippen LogP contribution in [0.15, 0.2) is 53.7 Å². The Bertz CT molecular complexity index is 1080. The molecule has 2 aromatic carbocycles. The Morgan fingerprint density at radius 3 is 2.45 bits per heavy atom. The fourth-order valence-electron chi connectivity index (χ4n) is 5.17. The van der Waals surface area contributed by atoms with Gasteiger partial charge in [-0.25, -0.2) is 4.79 Å². The van der Waals surface area contributed by atoms with Crippen LogP contribution in [0.5, 0.6) is 0 Å². The molecule has 2 atom stereocenters. The number of rotatable bonds is 4. The molecule has 1 N–H and O–H groups in total. The zero-order valence-corrected chi connectivity index (χ0v) is 19.0. The van der Waals surface area contributed by atoms with Crippen molar-refractivity contribution < 1.29 is 14.4 Å². The maximum Gasteiger partial charge on any atom is 0.365 e. The number of benzene rings is 2. The Hall–Kier alpha value is -2.66. The molecule has 2 aliphatic rings. The molecule has 2 fully saturated rings. The highest BCUT2D eigenvalue weighted by atomic mass is 35.5. The summed E-state index contributed by atoms with van der Waals surface area (Å²) in [5.74, 6) is -0.536. The number of halogens is 1. The minimum Gasteiger partial charge on any atom is -0.326 e. The number of carbonyl (C=O) groups excluding carboxylic acids is 2. The zero-order chi connectivity index (χ0) is 22.4. The van der Waals surface area contributed by atoms with Gasteiger partial charge in [-0.1, -0.05) is 61.8 Å². The van der Waals surface area contributed by atoms with Crippen molar-refractivity contribution in [2.24, 2.45) is 21.4 Å². The Balaban J connectivity index is 1.59. The molecular weight excluding hydrogens is 412 g/mol. The van der Waals surface area contributed by atoms with E-state index in [1.165, 1.54) is 0 Å². The normalized spacial score (nSPS) is 27.3. The van der Waals surface area contributed by atoms with Crippen molar-refractivity contribution >= 4 is 34.9 Å². The molecule has 162 valence electrons. The molecule has 0 heterocycles. The molecule has 1 amide bonds. The van der Waals surface area contributed by atoms with E-state index in [9.17, 15) is 9.59 Å². The monoisotopic (exact) mass is 438 g/mol. The van der Waals surface area contributed by atoms with E-state index < -0.39 is 11.4 Å². The molecule has 2 bridgehead atoms. The van der Waals surface area contributed by atoms with Crippen LogP contribution in [0, 0.1) is 23.2 Å². The topological polar surface area (TPSA) is 67.8 Å². The number of fused-ring (bicyclic) bond motifs is 2. The SMILES string of the molecule is Cc1ccc(NC(=O)C23CCC(C)(C(=NOC(=O)c4ccccc4)C2)C3(C)C)cc1Cl. The van der Waals surface area contributed by atoms with Gasteiger partial charge < -0.3 is 10.2 Å². The Morgan fingerprint density at radius 1 is 1.06 bits per heavy atom. The van der Waals surface area contributed by atoms with Crippen LogP contribution >= 0.6 is 11.6 Å². The molecular formula is C25H27ClN2O3. The van der Waals surface area contributed by atoms with Crippen molar-refractivity contribution in [3.05, 3.63) is 64.7 Å². The molecule has 2 aliphatic carbocycles. The Morgan fingerprint density at radius 2 is 1.77 bits per heavy atom. The molecule has 2 saturated carbocycles. The van der Waals surface area contributed by atoms with E-state index in [1.807, 2.05) is 25.1 Å². The standard InChI is InChI=1S/C25H27ClN2O3/c1-16-10-11-18(14-19(16)26)27-22(30)25-13-12-24(4,23(25,2)3)20(15-25)28-31-21(29)17-8-6-5-7-9-17/h5-11,14H,12-13,15H2,1-4H3,(H,27,30). The van der Waals surface area contributed by atoms with Crippen LogP contribution in [0.25, 0.3) is 0 Å². The number of amides is 1. The fraction of sp³-hybridized carbons (Fsp3) is 0.400. The van der Waals surface area contributed by atoms with Gasteiger partial charge in [0, 0.05) is 22.5 Å². The van der Waals surface area contributed by atoms with Crippen LogP contribution < -0.4 is 5.32 Å². The number of carbonyl (C=O) groups is 2. The number of aryl methyl sites for hydroxylation is 1. The van der Waals surface area contributed by atoms with Crippen molar-refractivity contribution in [3.8, 4) is 0 Å². The third kappa shape index (κ3) is 3.26. The van der Waals surface area contributed by atoms with Gasteiger partial charge in [0.05, 0.1) is 16.7 Å². The molecule has 31 heavy (non-hydrogen) atoms. The molecule has 5 nitrogen and oxygen atoms in total. The largest absolute Gasteiger partial charge is 0.365 e. The highest BCUT2D eigenvalue weighted by Crippen LogP contribution is 2.71. The Labute approximate surface area is 187 Å². The first-order valence-electron chi connectivity index (χ1n) is 10.5. The van der Waals surface area contributed by atoms with Gasteiger partial charge in [0.15, 0.2) is 0 Å². The summed E-state index contributed by atoms with van der Waals surface area (Å²) in [6.07, 6.45) is 2.03. The molecule has 0 saturated heterocycles. The quantitative estimate of drug-likeness (QED) is 0.469. The van der Waals surface area contributed by atoms with Crippen LogP contribution in [0.4, 0.5) is 5.69 Å². The summed E-state index contributed by atoms with van der Waals surface area (Å²) in [4.78, 5) is 31.2. The van der Waals surface area contributed by atoms with E-state index in [0.717, 1.165) is 24.1 Å². The first-order chi connectivity index (χ1) is 14.6. The van der Waals surface area contributed by atoms with Gasteiger partial charge >= 0.3 is 5.97 Å². The minimum absolute atomic E-state index is 0.0410. The van der Waals surface area contributed by atoms with Gasteiger partial charge in [-0.2, -0.15) is 0 Å². The third-order valence-corrected chi connectivity index (χ3v) is 8.25. The smallest absolute Gasteiger partial charge is 0.326 e. The molecule has 0 aliphatic heterocycles. The summed E-state index contributed by atoms with van der Waals surface area (Å²) in [5.41, 5.74) is 1.55. The van der Waals surface area contributed by atoms with Gasteiger partial charge in [0.2, 0.25) is 5.91 Å². The van der Waals surface area contributed by atoms with Crippen LogP contribution in [0.3, 0.4) is 0 Å². The lowest BCUT2D eigenvalue weighted by atomic mass is 9.64. The highest BCUT2D eigenvalue weighted by molar-refractivity contribution is 6.31. The van der Waals surface area contributed by atoms with Crippen molar-refractivity contribution in [1.29, 1.82) is 0 Å². The number of oxime groups is 1. The maximum atomic E-state index is 13.5. The summed E-state index contributed by atoms with van der Waals surface area (Å²) >= 11 is 6.24. The van der Waals surface area contributed by atoms with Crippen LogP contribution in [-0.2, 0) is 9.63 Å². The number of anilines is 1. The molecule has 0 spiro atoms. The molecule has 0 radical (unpaired) electrons. The van der Waals surface area contributed by atoms with Crippen molar-refractivity contribution in [3.63, 3.8) is 0 Å². The van der Waals surface area contributed by atoms with E-state index in [-0.39, 0.29) is 16.7 Å². The van der Waals surface area contributed by atoms with E-state index in [2.05, 4.69) is 31.2 Å². The summed E-state index contributed by atoms with van der Waals surface area (Å²) in [5, 5.41) is 7.96. The van der Waals surface area contributed by atoms with E-state index >= 15 is 0 Å². The number of hydrogen-bond acceptors (Lipinski definition) is 4. The number of hydrogen-bond donors (Lipinski definition) is 1. The minimum atomic E-state index is -0.628. The second-order valence-corrected chi connectivity index (χ2v) is 9.82. The fourth-order valence-corrected chi connectivity index (χ4v) is 5.35. The average Bonchev–Trinajstić information content (AvgIpc) is 3.06. The van der Waals surface area contributed by atoms with Crippen molar-refractivity contribution in [2.45, 2.75) is 47.0 Å². The number of nitrogens with one attached hydrogen (secondary N) is 1. The van der Waals surface area contributed by atoms with E-state index in [0.29, 0.717) is 22.7 Å². The van der Waals surface area contributed by atoms with Gasteiger partial charge in [-0.05, 0) is 55.0 Å². The second kappa shape index (κ2) is 7.49. The predicted molar refractivity (Wildman–Crippen MR) is 122 cm³/mol. The zero-order valence-electron chi connectivity index (χ0n) is 18.3. The molecule has 2 unspecified atom stereocenters.